The van der Waals surface area contributed by atoms with Crippen molar-refractivity contribution >= 4 is 11.9 Å². The Labute approximate surface area is 129 Å². The zero-order valence-corrected chi connectivity index (χ0v) is 13.1. The summed E-state index contributed by atoms with van der Waals surface area (Å²) in [4.78, 5) is 22.4. The second kappa shape index (κ2) is 7.53. The molecule has 0 bridgehead atoms. The fraction of sp³-hybridized carbons (Fsp3) is 0.467. The van der Waals surface area contributed by atoms with E-state index in [9.17, 15) is 4.79 Å². The predicted octanol–water partition coefficient (Wildman–Crippen LogP) is 1.69. The topological polar surface area (TPSA) is 73.1 Å². The van der Waals surface area contributed by atoms with E-state index < -0.39 is 0 Å². The Hall–Kier alpha value is -2.44. The molecule has 2 rings (SSSR count). The summed E-state index contributed by atoms with van der Waals surface area (Å²) in [5.74, 6) is 1.24. The maximum Gasteiger partial charge on any atom is 0.325 e. The first-order valence-electron chi connectivity index (χ1n) is 7.33. The summed E-state index contributed by atoms with van der Waals surface area (Å²) in [6, 6.07) is 3.60. The number of esters is 1. The van der Waals surface area contributed by atoms with Crippen molar-refractivity contribution in [1.82, 2.24) is 19.7 Å². The van der Waals surface area contributed by atoms with Gasteiger partial charge in [0, 0.05) is 31.2 Å². The van der Waals surface area contributed by atoms with Gasteiger partial charge in [0.1, 0.15) is 6.54 Å². The van der Waals surface area contributed by atoms with Crippen LogP contribution in [0.15, 0.2) is 30.7 Å². The van der Waals surface area contributed by atoms with Crippen LogP contribution in [0.4, 0.5) is 5.95 Å². The molecule has 0 amide bonds. The summed E-state index contributed by atoms with van der Waals surface area (Å²) in [7, 11) is 0. The van der Waals surface area contributed by atoms with Crippen LogP contribution in [-0.2, 0) is 9.53 Å². The van der Waals surface area contributed by atoms with Crippen LogP contribution >= 0.6 is 0 Å². The van der Waals surface area contributed by atoms with Crippen molar-refractivity contribution < 1.29 is 9.53 Å². The average Bonchev–Trinajstić information content (AvgIpc) is 3.01. The molecule has 0 spiro atoms. The molecule has 2 heterocycles. The van der Waals surface area contributed by atoms with Crippen LogP contribution in [0.3, 0.4) is 0 Å². The molecule has 0 saturated heterocycles. The van der Waals surface area contributed by atoms with E-state index in [2.05, 4.69) is 28.9 Å². The molecular weight excluding hydrogens is 282 g/mol. The first kappa shape index (κ1) is 15.9. The normalized spacial score (nSPS) is 10.7. The summed E-state index contributed by atoms with van der Waals surface area (Å²) in [6.45, 7) is 7.11. The van der Waals surface area contributed by atoms with Crippen LogP contribution in [0.5, 0.6) is 0 Å². The van der Waals surface area contributed by atoms with Gasteiger partial charge in [0.25, 0.3) is 0 Å². The minimum absolute atomic E-state index is 0.134. The highest BCUT2D eigenvalue weighted by Crippen LogP contribution is 2.12. The third kappa shape index (κ3) is 4.28. The summed E-state index contributed by atoms with van der Waals surface area (Å²) in [5.41, 5.74) is 0. The number of carbonyl (C=O) groups is 1. The number of ether oxygens (including phenoxy) is 1. The first-order chi connectivity index (χ1) is 10.6. The highest BCUT2D eigenvalue weighted by Gasteiger charge is 2.17. The number of nitrogens with zero attached hydrogens (tertiary/aromatic N) is 5. The van der Waals surface area contributed by atoms with Crippen molar-refractivity contribution in [3.63, 3.8) is 0 Å². The van der Waals surface area contributed by atoms with Gasteiger partial charge in [0.05, 0.1) is 6.61 Å². The van der Waals surface area contributed by atoms with Gasteiger partial charge in [0.15, 0.2) is 5.82 Å². The standard InChI is InChI=1S/C15H21N5O2/c1-4-22-14(21)11-19(10-12(2)3)15-16-8-6-13(18-15)20-9-5-7-17-20/h5-9,12H,4,10-11H2,1-3H3. The molecule has 0 aliphatic carbocycles. The Morgan fingerprint density at radius 1 is 1.41 bits per heavy atom. The highest BCUT2D eigenvalue weighted by atomic mass is 16.5. The Morgan fingerprint density at radius 3 is 2.86 bits per heavy atom. The minimum Gasteiger partial charge on any atom is -0.465 e. The second-order valence-electron chi connectivity index (χ2n) is 5.24. The zero-order chi connectivity index (χ0) is 15.9. The first-order valence-corrected chi connectivity index (χ1v) is 7.33. The molecule has 0 atom stereocenters. The quantitative estimate of drug-likeness (QED) is 0.725. The Bertz CT molecular complexity index is 598. The lowest BCUT2D eigenvalue weighted by molar-refractivity contribution is -0.141. The van der Waals surface area contributed by atoms with Crippen LogP contribution in [0.2, 0.25) is 0 Å². The summed E-state index contributed by atoms with van der Waals surface area (Å²) in [5, 5.41) is 4.15. The Balaban J connectivity index is 2.23. The van der Waals surface area contributed by atoms with Gasteiger partial charge in [-0.15, -0.1) is 0 Å². The fourth-order valence-electron chi connectivity index (χ4n) is 2.04. The lowest BCUT2D eigenvalue weighted by atomic mass is 10.2. The number of hydrogen-bond acceptors (Lipinski definition) is 6. The molecule has 2 aromatic heterocycles. The molecule has 0 radical (unpaired) electrons. The third-order valence-corrected chi connectivity index (χ3v) is 2.86. The molecule has 0 aliphatic rings. The van der Waals surface area contributed by atoms with Gasteiger partial charge in [-0.25, -0.2) is 9.67 Å². The summed E-state index contributed by atoms with van der Waals surface area (Å²) < 4.78 is 6.68. The molecule has 0 fully saturated rings. The zero-order valence-electron chi connectivity index (χ0n) is 13.1. The van der Waals surface area contributed by atoms with Gasteiger partial charge in [-0.05, 0) is 18.9 Å². The molecule has 0 N–H and O–H groups in total. The van der Waals surface area contributed by atoms with Gasteiger partial charge < -0.3 is 9.64 Å². The monoisotopic (exact) mass is 303 g/mol. The van der Waals surface area contributed by atoms with Crippen molar-refractivity contribution in [1.29, 1.82) is 0 Å². The summed E-state index contributed by atoms with van der Waals surface area (Å²) >= 11 is 0. The largest absolute Gasteiger partial charge is 0.465 e. The van der Waals surface area contributed by atoms with E-state index in [0.29, 0.717) is 30.8 Å². The molecule has 22 heavy (non-hydrogen) atoms. The number of hydrogen-bond donors (Lipinski definition) is 0. The average molecular weight is 303 g/mol. The van der Waals surface area contributed by atoms with E-state index in [-0.39, 0.29) is 12.5 Å². The van der Waals surface area contributed by atoms with Crippen molar-refractivity contribution in [2.75, 3.05) is 24.6 Å². The SMILES string of the molecule is CCOC(=O)CN(CC(C)C)c1nccc(-n2cccn2)n1. The van der Waals surface area contributed by atoms with Gasteiger partial charge in [-0.2, -0.15) is 10.1 Å². The minimum atomic E-state index is -0.281. The van der Waals surface area contributed by atoms with Crippen LogP contribution < -0.4 is 4.90 Å². The van der Waals surface area contributed by atoms with Crippen LogP contribution in [0, 0.1) is 5.92 Å². The van der Waals surface area contributed by atoms with Gasteiger partial charge in [0.2, 0.25) is 5.95 Å². The van der Waals surface area contributed by atoms with Crippen molar-refractivity contribution in [3.05, 3.63) is 30.7 Å². The van der Waals surface area contributed by atoms with E-state index in [4.69, 9.17) is 4.74 Å². The highest BCUT2D eigenvalue weighted by molar-refractivity contribution is 5.75. The Kier molecular flexibility index (Phi) is 5.46. The molecule has 0 aromatic carbocycles. The number of rotatable bonds is 7. The summed E-state index contributed by atoms with van der Waals surface area (Å²) in [6.07, 6.45) is 5.16. The van der Waals surface area contributed by atoms with Crippen LogP contribution in [0.1, 0.15) is 20.8 Å². The lowest BCUT2D eigenvalue weighted by Gasteiger charge is -2.23. The van der Waals surface area contributed by atoms with E-state index in [0.717, 1.165) is 0 Å². The van der Waals surface area contributed by atoms with Crippen LogP contribution in [-0.4, -0.2) is 45.4 Å². The molecule has 7 heteroatoms. The molecule has 0 saturated carbocycles. The van der Waals surface area contributed by atoms with Gasteiger partial charge >= 0.3 is 5.97 Å². The van der Waals surface area contributed by atoms with Gasteiger partial charge in [-0.1, -0.05) is 13.8 Å². The molecule has 0 unspecified atom stereocenters. The van der Waals surface area contributed by atoms with E-state index in [1.54, 1.807) is 30.1 Å². The maximum atomic E-state index is 11.8. The molecule has 7 nitrogen and oxygen atoms in total. The lowest BCUT2D eigenvalue weighted by Crippen LogP contribution is -2.35. The van der Waals surface area contributed by atoms with E-state index in [1.807, 2.05) is 17.2 Å². The van der Waals surface area contributed by atoms with E-state index in [1.165, 1.54) is 0 Å². The number of aromatic nitrogens is 4. The van der Waals surface area contributed by atoms with Crippen molar-refractivity contribution in [2.24, 2.45) is 5.92 Å². The molecule has 2 aromatic rings. The number of anilines is 1. The maximum absolute atomic E-state index is 11.8. The third-order valence-electron chi connectivity index (χ3n) is 2.86. The second-order valence-corrected chi connectivity index (χ2v) is 5.24. The van der Waals surface area contributed by atoms with Crippen molar-refractivity contribution in [2.45, 2.75) is 20.8 Å². The molecular formula is C15H21N5O2. The Morgan fingerprint density at radius 2 is 2.23 bits per heavy atom. The van der Waals surface area contributed by atoms with Crippen LogP contribution in [0.25, 0.3) is 5.82 Å². The van der Waals surface area contributed by atoms with E-state index >= 15 is 0 Å². The number of carbonyl (C=O) groups excluding carboxylic acids is 1. The predicted molar refractivity (Wildman–Crippen MR) is 82.8 cm³/mol. The van der Waals surface area contributed by atoms with Gasteiger partial charge in [-0.3, -0.25) is 4.79 Å². The fourth-order valence-corrected chi connectivity index (χ4v) is 2.04. The smallest absolute Gasteiger partial charge is 0.325 e. The van der Waals surface area contributed by atoms with Crippen molar-refractivity contribution in [3.8, 4) is 5.82 Å². The molecule has 118 valence electrons. The molecule has 0 aliphatic heterocycles.